The molecule has 0 radical (unpaired) electrons. The zero-order chi connectivity index (χ0) is 22.1. The van der Waals surface area contributed by atoms with Crippen molar-refractivity contribution in [1.29, 1.82) is 0 Å². The van der Waals surface area contributed by atoms with Crippen molar-refractivity contribution in [3.05, 3.63) is 53.9 Å². The van der Waals surface area contributed by atoms with Crippen LogP contribution in [0.25, 0.3) is 0 Å². The van der Waals surface area contributed by atoms with Crippen LogP contribution in [0.1, 0.15) is 31.0 Å². The molecule has 9 heteroatoms. The number of halogens is 3. The lowest BCUT2D eigenvalue weighted by molar-refractivity contribution is -0.0498. The lowest BCUT2D eigenvalue weighted by Crippen LogP contribution is -2.51. The number of alkyl halides is 2. The zero-order valence-electron chi connectivity index (χ0n) is 18.6. The minimum Gasteiger partial charge on any atom is -0.435 e. The van der Waals surface area contributed by atoms with Gasteiger partial charge in [-0.25, -0.2) is 0 Å². The number of nitrogens with zero attached hydrogens (tertiary/aromatic N) is 3. The Balaban J connectivity index is 0.00000363. The Kier molecular flexibility index (Phi) is 10.9. The molecule has 3 rings (SSSR count). The molecule has 32 heavy (non-hydrogen) atoms. The number of aromatic nitrogens is 1. The molecule has 1 atom stereocenters. The van der Waals surface area contributed by atoms with Crippen molar-refractivity contribution >= 4 is 35.6 Å². The van der Waals surface area contributed by atoms with Gasteiger partial charge in [-0.05, 0) is 69.0 Å². The molecule has 2 aromatic rings. The topological polar surface area (TPSA) is 61.8 Å². The number of piperidine rings is 1. The monoisotopic (exact) mass is 559 g/mol. The highest BCUT2D eigenvalue weighted by Crippen LogP contribution is 2.23. The smallest absolute Gasteiger partial charge is 0.387 e. The molecule has 0 spiro atoms. The average molecular weight is 559 g/mol. The zero-order valence-corrected chi connectivity index (χ0v) is 20.9. The van der Waals surface area contributed by atoms with Crippen LogP contribution in [-0.2, 0) is 6.42 Å². The molecule has 1 aromatic carbocycles. The first-order valence-electron chi connectivity index (χ1n) is 10.8. The molecule has 176 valence electrons. The Labute approximate surface area is 205 Å². The maximum absolute atomic E-state index is 12.4. The highest BCUT2D eigenvalue weighted by molar-refractivity contribution is 14.0. The van der Waals surface area contributed by atoms with E-state index >= 15 is 0 Å². The van der Waals surface area contributed by atoms with Crippen LogP contribution in [0.15, 0.2) is 47.6 Å². The second-order valence-electron chi connectivity index (χ2n) is 7.62. The van der Waals surface area contributed by atoms with Crippen molar-refractivity contribution < 1.29 is 13.5 Å². The van der Waals surface area contributed by atoms with E-state index in [9.17, 15) is 8.78 Å². The number of nitrogens with one attached hydrogen (secondary N) is 2. The molecule has 1 aliphatic rings. The van der Waals surface area contributed by atoms with E-state index in [1.54, 1.807) is 12.1 Å². The van der Waals surface area contributed by atoms with Gasteiger partial charge in [-0.3, -0.25) is 9.98 Å². The number of benzene rings is 1. The number of hydrogen-bond donors (Lipinski definition) is 2. The van der Waals surface area contributed by atoms with Gasteiger partial charge >= 0.3 is 6.61 Å². The summed E-state index contributed by atoms with van der Waals surface area (Å²) >= 11 is 0. The highest BCUT2D eigenvalue weighted by Gasteiger charge is 2.21. The minimum atomic E-state index is -2.81. The van der Waals surface area contributed by atoms with E-state index in [4.69, 9.17) is 4.99 Å². The third-order valence-corrected chi connectivity index (χ3v) is 5.18. The van der Waals surface area contributed by atoms with Gasteiger partial charge in [0.05, 0.1) is 0 Å². The van der Waals surface area contributed by atoms with Crippen LogP contribution in [0.5, 0.6) is 5.75 Å². The first-order chi connectivity index (χ1) is 15.0. The number of guanidine groups is 1. The van der Waals surface area contributed by atoms with E-state index in [0.29, 0.717) is 6.54 Å². The summed E-state index contributed by atoms with van der Waals surface area (Å²) in [5.74, 6) is 0.992. The van der Waals surface area contributed by atoms with Gasteiger partial charge in [0, 0.05) is 49.8 Å². The van der Waals surface area contributed by atoms with Gasteiger partial charge in [-0.2, -0.15) is 8.78 Å². The maximum atomic E-state index is 12.4. The summed E-state index contributed by atoms with van der Waals surface area (Å²) in [5, 5.41) is 6.87. The Morgan fingerprint density at radius 2 is 2.03 bits per heavy atom. The molecule has 1 unspecified atom stereocenters. The average Bonchev–Trinajstić information content (AvgIpc) is 2.75. The van der Waals surface area contributed by atoms with Crippen LogP contribution in [0.2, 0.25) is 0 Å². The molecule has 1 fully saturated rings. The number of hydrogen-bond acceptors (Lipinski definition) is 4. The third-order valence-electron chi connectivity index (χ3n) is 5.18. The van der Waals surface area contributed by atoms with E-state index in [-0.39, 0.29) is 35.8 Å². The predicted octanol–water partition coefficient (Wildman–Crippen LogP) is 4.38. The fourth-order valence-electron chi connectivity index (χ4n) is 3.62. The van der Waals surface area contributed by atoms with Gasteiger partial charge in [0.2, 0.25) is 0 Å². The van der Waals surface area contributed by atoms with E-state index in [1.807, 2.05) is 31.3 Å². The Bertz CT molecular complexity index is 833. The quantitative estimate of drug-likeness (QED) is 0.286. The molecule has 2 N–H and O–H groups in total. The van der Waals surface area contributed by atoms with Crippen LogP contribution >= 0.6 is 24.0 Å². The summed E-state index contributed by atoms with van der Waals surface area (Å²) < 4.78 is 29.1. The number of pyridine rings is 1. The minimum absolute atomic E-state index is 0. The Hall–Kier alpha value is -2.17. The molecule has 0 bridgehead atoms. The molecule has 0 amide bonds. The number of aryl methyl sites for hydroxylation is 1. The van der Waals surface area contributed by atoms with Gasteiger partial charge in [0.15, 0.2) is 5.96 Å². The molecule has 1 aromatic heterocycles. The predicted molar refractivity (Wildman–Crippen MR) is 136 cm³/mol. The van der Waals surface area contributed by atoms with Crippen LogP contribution in [0.3, 0.4) is 0 Å². The van der Waals surface area contributed by atoms with Crippen molar-refractivity contribution in [1.82, 2.24) is 15.6 Å². The third kappa shape index (κ3) is 8.40. The molecule has 0 aliphatic carbocycles. The normalized spacial score (nSPS) is 16.5. The summed E-state index contributed by atoms with van der Waals surface area (Å²) in [6.07, 6.45) is 4.84. The van der Waals surface area contributed by atoms with Gasteiger partial charge in [0.25, 0.3) is 0 Å². The van der Waals surface area contributed by atoms with Crippen LogP contribution in [-0.4, -0.2) is 49.8 Å². The summed E-state index contributed by atoms with van der Waals surface area (Å²) in [4.78, 5) is 11.3. The number of rotatable bonds is 8. The number of anilines is 1. The van der Waals surface area contributed by atoms with Crippen LogP contribution in [0.4, 0.5) is 14.5 Å². The summed E-state index contributed by atoms with van der Waals surface area (Å²) in [5.41, 5.74) is 3.19. The molecule has 1 aliphatic heterocycles. The van der Waals surface area contributed by atoms with Crippen molar-refractivity contribution in [3.63, 3.8) is 0 Å². The largest absolute Gasteiger partial charge is 0.435 e. The van der Waals surface area contributed by atoms with E-state index in [0.717, 1.165) is 56.2 Å². The summed E-state index contributed by atoms with van der Waals surface area (Å²) in [6, 6.07) is 11.2. The summed E-state index contributed by atoms with van der Waals surface area (Å²) in [7, 11) is 0. The molecular weight excluding hydrogens is 527 g/mol. The van der Waals surface area contributed by atoms with E-state index in [1.165, 1.54) is 5.56 Å². The molecule has 0 saturated carbocycles. The fourth-order valence-corrected chi connectivity index (χ4v) is 3.62. The first kappa shape index (κ1) is 26.1. The lowest BCUT2D eigenvalue weighted by atomic mass is 10.0. The van der Waals surface area contributed by atoms with Crippen molar-refractivity contribution in [2.24, 2.45) is 4.99 Å². The second-order valence-corrected chi connectivity index (χ2v) is 7.62. The molecule has 1 saturated heterocycles. The number of ether oxygens (including phenoxy) is 1. The van der Waals surface area contributed by atoms with Gasteiger partial charge in [0.1, 0.15) is 5.75 Å². The van der Waals surface area contributed by atoms with Gasteiger partial charge < -0.3 is 20.3 Å². The molecule has 2 heterocycles. The second kappa shape index (κ2) is 13.4. The molecular formula is C23H32F2IN5O. The van der Waals surface area contributed by atoms with Gasteiger partial charge in [-0.1, -0.05) is 6.07 Å². The first-order valence-corrected chi connectivity index (χ1v) is 10.8. The standard InChI is InChI=1S/C23H31F2N5O.HI/c1-3-26-23(27-13-12-18-7-6-17(2)28-15-18)29-19-5-4-14-30(16-19)20-8-10-21(11-9-20)31-22(24)25;/h6-11,15,19,22H,3-5,12-14,16H2,1-2H3,(H2,26,27,29);1H. The van der Waals surface area contributed by atoms with Crippen molar-refractivity contribution in [2.45, 2.75) is 45.8 Å². The van der Waals surface area contributed by atoms with Crippen molar-refractivity contribution in [3.8, 4) is 5.75 Å². The SMILES string of the molecule is CCNC(=NCCc1ccc(C)nc1)NC1CCCN(c2ccc(OC(F)F)cc2)C1.I. The van der Waals surface area contributed by atoms with Crippen molar-refractivity contribution in [2.75, 3.05) is 31.1 Å². The van der Waals surface area contributed by atoms with Crippen LogP contribution in [0, 0.1) is 6.92 Å². The summed E-state index contributed by atoms with van der Waals surface area (Å²) in [6.45, 7) is 4.45. The Morgan fingerprint density at radius 3 is 2.69 bits per heavy atom. The Morgan fingerprint density at radius 1 is 1.25 bits per heavy atom. The fraction of sp³-hybridized carbons (Fsp3) is 0.478. The van der Waals surface area contributed by atoms with E-state index in [2.05, 4.69) is 38.2 Å². The highest BCUT2D eigenvalue weighted by atomic mass is 127. The maximum Gasteiger partial charge on any atom is 0.387 e. The van der Waals surface area contributed by atoms with E-state index < -0.39 is 6.61 Å². The van der Waals surface area contributed by atoms with Crippen LogP contribution < -0.4 is 20.3 Å². The molecule has 6 nitrogen and oxygen atoms in total. The number of aliphatic imine (C=N–C) groups is 1. The van der Waals surface area contributed by atoms with Gasteiger partial charge in [-0.15, -0.1) is 24.0 Å². The lowest BCUT2D eigenvalue weighted by Gasteiger charge is -2.35.